The average molecular weight is 196 g/mol. The van der Waals surface area contributed by atoms with Crippen LogP contribution in [0.2, 0.25) is 0 Å². The monoisotopic (exact) mass is 196 g/mol. The zero-order chi connectivity index (χ0) is 10.8. The Morgan fingerprint density at radius 3 is 2.79 bits per heavy atom. The number of methoxy groups -OCH3 is 1. The third-order valence-corrected chi connectivity index (χ3v) is 3.25. The third-order valence-electron chi connectivity index (χ3n) is 3.25. The Morgan fingerprint density at radius 2 is 2.21 bits per heavy atom. The SMILES string of the molecule is C=C1CC[C@H](O)C(C)(C)[C@@H]1/C=C/OC. The highest BCUT2D eigenvalue weighted by molar-refractivity contribution is 5.18. The van der Waals surface area contributed by atoms with Crippen LogP contribution in [0.5, 0.6) is 0 Å². The Kier molecular flexibility index (Phi) is 3.38. The number of hydrogen-bond acceptors (Lipinski definition) is 2. The summed E-state index contributed by atoms with van der Waals surface area (Å²) in [5.41, 5.74) is 1.05. The predicted octanol–water partition coefficient (Wildman–Crippen LogP) is 2.50. The largest absolute Gasteiger partial charge is 0.505 e. The summed E-state index contributed by atoms with van der Waals surface area (Å²) >= 11 is 0. The Hall–Kier alpha value is -0.760. The summed E-state index contributed by atoms with van der Waals surface area (Å²) in [4.78, 5) is 0. The second-order valence-corrected chi connectivity index (χ2v) is 4.58. The molecule has 0 bridgehead atoms. The predicted molar refractivity (Wildman–Crippen MR) is 57.8 cm³/mol. The Labute approximate surface area is 86.3 Å². The summed E-state index contributed by atoms with van der Waals surface area (Å²) in [6.45, 7) is 8.21. The summed E-state index contributed by atoms with van der Waals surface area (Å²) in [6.07, 6.45) is 5.15. The van der Waals surface area contributed by atoms with Gasteiger partial charge in [0, 0.05) is 11.3 Å². The highest BCUT2D eigenvalue weighted by atomic mass is 16.5. The smallest absolute Gasteiger partial charge is 0.0790 e. The van der Waals surface area contributed by atoms with Crippen molar-refractivity contribution in [2.45, 2.75) is 32.8 Å². The maximum absolute atomic E-state index is 9.91. The molecule has 1 aliphatic carbocycles. The lowest BCUT2D eigenvalue weighted by atomic mass is 9.65. The van der Waals surface area contributed by atoms with Gasteiger partial charge in [-0.1, -0.05) is 26.0 Å². The molecule has 1 rings (SSSR count). The molecule has 2 nitrogen and oxygen atoms in total. The van der Waals surface area contributed by atoms with E-state index >= 15 is 0 Å². The standard InChI is InChI=1S/C12H20O2/c1-9-5-6-11(13)12(2,3)10(9)7-8-14-4/h7-8,10-11,13H,1,5-6H2,2-4H3/b8-7+/t10-,11+/m1/s1. The van der Waals surface area contributed by atoms with Crippen LogP contribution in [0.3, 0.4) is 0 Å². The number of ether oxygens (including phenoxy) is 1. The van der Waals surface area contributed by atoms with E-state index in [2.05, 4.69) is 20.4 Å². The molecule has 0 aliphatic heterocycles. The van der Waals surface area contributed by atoms with Crippen LogP contribution in [-0.4, -0.2) is 18.3 Å². The first-order valence-corrected chi connectivity index (χ1v) is 5.05. The molecule has 0 amide bonds. The molecule has 2 atom stereocenters. The molecule has 0 heterocycles. The van der Waals surface area contributed by atoms with Crippen LogP contribution in [0.4, 0.5) is 0 Å². The van der Waals surface area contributed by atoms with Crippen LogP contribution in [0, 0.1) is 11.3 Å². The van der Waals surface area contributed by atoms with Gasteiger partial charge in [0.25, 0.3) is 0 Å². The highest BCUT2D eigenvalue weighted by Gasteiger charge is 2.39. The first-order chi connectivity index (χ1) is 6.50. The van der Waals surface area contributed by atoms with Gasteiger partial charge in [0.05, 0.1) is 19.5 Å². The minimum absolute atomic E-state index is 0.135. The second kappa shape index (κ2) is 4.18. The molecule has 0 aromatic carbocycles. The quantitative estimate of drug-likeness (QED) is 0.543. The van der Waals surface area contributed by atoms with Crippen LogP contribution in [0.1, 0.15) is 26.7 Å². The maximum Gasteiger partial charge on any atom is 0.0790 e. The van der Waals surface area contributed by atoms with E-state index in [1.165, 1.54) is 5.57 Å². The lowest BCUT2D eigenvalue weighted by Crippen LogP contribution is -2.40. The van der Waals surface area contributed by atoms with E-state index < -0.39 is 0 Å². The lowest BCUT2D eigenvalue weighted by Gasteiger charge is -2.42. The fourth-order valence-electron chi connectivity index (χ4n) is 2.12. The molecule has 14 heavy (non-hydrogen) atoms. The van der Waals surface area contributed by atoms with Gasteiger partial charge in [0.1, 0.15) is 0 Å². The van der Waals surface area contributed by atoms with E-state index in [0.717, 1.165) is 12.8 Å². The topological polar surface area (TPSA) is 29.5 Å². The Morgan fingerprint density at radius 1 is 1.57 bits per heavy atom. The van der Waals surface area contributed by atoms with Gasteiger partial charge < -0.3 is 9.84 Å². The van der Waals surface area contributed by atoms with Gasteiger partial charge in [-0.2, -0.15) is 0 Å². The van der Waals surface area contributed by atoms with Gasteiger partial charge >= 0.3 is 0 Å². The third kappa shape index (κ3) is 2.01. The van der Waals surface area contributed by atoms with Crippen LogP contribution in [0.15, 0.2) is 24.5 Å². The van der Waals surface area contributed by atoms with Crippen molar-refractivity contribution in [3.05, 3.63) is 24.5 Å². The summed E-state index contributed by atoms with van der Waals surface area (Å²) in [6, 6.07) is 0. The summed E-state index contributed by atoms with van der Waals surface area (Å²) in [5.74, 6) is 0.214. The Bertz CT molecular complexity index is 241. The minimum Gasteiger partial charge on any atom is -0.505 e. The van der Waals surface area contributed by atoms with Crippen molar-refractivity contribution in [1.82, 2.24) is 0 Å². The van der Waals surface area contributed by atoms with E-state index in [-0.39, 0.29) is 17.4 Å². The summed E-state index contributed by atoms with van der Waals surface area (Å²) in [7, 11) is 1.63. The lowest BCUT2D eigenvalue weighted by molar-refractivity contribution is 0.00652. The number of aliphatic hydroxyl groups excluding tert-OH is 1. The highest BCUT2D eigenvalue weighted by Crippen LogP contribution is 2.43. The molecule has 0 saturated heterocycles. The maximum atomic E-state index is 9.91. The molecule has 0 radical (unpaired) electrons. The minimum atomic E-state index is -0.250. The number of allylic oxidation sites excluding steroid dienone is 2. The van der Waals surface area contributed by atoms with E-state index in [1.54, 1.807) is 13.4 Å². The van der Waals surface area contributed by atoms with E-state index in [1.807, 2.05) is 6.08 Å². The fourth-order valence-corrected chi connectivity index (χ4v) is 2.12. The van der Waals surface area contributed by atoms with Crippen molar-refractivity contribution in [3.63, 3.8) is 0 Å². The van der Waals surface area contributed by atoms with Gasteiger partial charge in [0.2, 0.25) is 0 Å². The van der Waals surface area contributed by atoms with Crippen molar-refractivity contribution in [1.29, 1.82) is 0 Å². The van der Waals surface area contributed by atoms with Crippen molar-refractivity contribution in [3.8, 4) is 0 Å². The van der Waals surface area contributed by atoms with Crippen LogP contribution in [-0.2, 0) is 4.74 Å². The molecule has 0 aromatic rings. The fraction of sp³-hybridized carbons (Fsp3) is 0.667. The molecular formula is C12H20O2. The molecule has 1 fully saturated rings. The van der Waals surface area contributed by atoms with Gasteiger partial charge in [-0.25, -0.2) is 0 Å². The van der Waals surface area contributed by atoms with Crippen LogP contribution < -0.4 is 0 Å². The number of aliphatic hydroxyl groups is 1. The van der Waals surface area contributed by atoms with E-state index in [4.69, 9.17) is 4.74 Å². The van der Waals surface area contributed by atoms with Crippen molar-refractivity contribution in [2.24, 2.45) is 11.3 Å². The molecule has 0 unspecified atom stereocenters. The van der Waals surface area contributed by atoms with E-state index in [9.17, 15) is 5.11 Å². The first kappa shape index (κ1) is 11.3. The molecule has 2 heteroatoms. The summed E-state index contributed by atoms with van der Waals surface area (Å²) in [5, 5.41) is 9.91. The molecule has 0 aromatic heterocycles. The average Bonchev–Trinajstić information content (AvgIpc) is 2.12. The molecule has 1 aliphatic rings. The first-order valence-electron chi connectivity index (χ1n) is 5.05. The number of hydrogen-bond donors (Lipinski definition) is 1. The number of rotatable bonds is 2. The van der Waals surface area contributed by atoms with Crippen LogP contribution >= 0.6 is 0 Å². The zero-order valence-corrected chi connectivity index (χ0v) is 9.29. The zero-order valence-electron chi connectivity index (χ0n) is 9.29. The van der Waals surface area contributed by atoms with Crippen molar-refractivity contribution in [2.75, 3.05) is 7.11 Å². The normalized spacial score (nSPS) is 32.1. The van der Waals surface area contributed by atoms with Gasteiger partial charge in [0.15, 0.2) is 0 Å². The van der Waals surface area contributed by atoms with Crippen molar-refractivity contribution < 1.29 is 9.84 Å². The van der Waals surface area contributed by atoms with Gasteiger partial charge in [-0.05, 0) is 18.9 Å². The summed E-state index contributed by atoms with van der Waals surface area (Å²) < 4.78 is 4.92. The Balaban J connectivity index is 2.85. The molecule has 80 valence electrons. The molecule has 1 N–H and O–H groups in total. The molecular weight excluding hydrogens is 176 g/mol. The van der Waals surface area contributed by atoms with Gasteiger partial charge in [-0.3, -0.25) is 0 Å². The van der Waals surface area contributed by atoms with Gasteiger partial charge in [-0.15, -0.1) is 0 Å². The van der Waals surface area contributed by atoms with Crippen LogP contribution in [0.25, 0.3) is 0 Å². The molecule has 1 saturated carbocycles. The van der Waals surface area contributed by atoms with E-state index in [0.29, 0.717) is 0 Å². The second-order valence-electron chi connectivity index (χ2n) is 4.58. The molecule has 0 spiro atoms. The van der Waals surface area contributed by atoms with Crippen molar-refractivity contribution >= 4 is 0 Å².